The summed E-state index contributed by atoms with van der Waals surface area (Å²) in [6.07, 6.45) is 1.61. The van der Waals surface area contributed by atoms with Crippen molar-refractivity contribution in [1.82, 2.24) is 9.80 Å². The minimum atomic E-state index is -0.166. The molecule has 154 valence electrons. The summed E-state index contributed by atoms with van der Waals surface area (Å²) in [6.45, 7) is 3.46. The second kappa shape index (κ2) is 7.69. The van der Waals surface area contributed by atoms with Crippen molar-refractivity contribution in [2.75, 3.05) is 39.4 Å². The average molecular weight is 404 g/mol. The summed E-state index contributed by atoms with van der Waals surface area (Å²) >= 11 is 0. The largest absolute Gasteiger partial charge is 0.378 e. The number of rotatable bonds is 2. The van der Waals surface area contributed by atoms with Gasteiger partial charge in [-0.1, -0.05) is 30.3 Å². The normalized spacial score (nSPS) is 20.7. The number of ether oxygens (including phenoxy) is 1. The van der Waals surface area contributed by atoms with Gasteiger partial charge in [-0.3, -0.25) is 14.4 Å². The number of likely N-dealkylation sites (tertiary alicyclic amines) is 1. The van der Waals surface area contributed by atoms with Crippen molar-refractivity contribution < 1.29 is 19.1 Å². The van der Waals surface area contributed by atoms with E-state index in [0.29, 0.717) is 56.1 Å². The van der Waals surface area contributed by atoms with Crippen LogP contribution in [-0.2, 0) is 9.53 Å². The quantitative estimate of drug-likeness (QED) is 0.659. The van der Waals surface area contributed by atoms with E-state index in [9.17, 15) is 14.4 Å². The van der Waals surface area contributed by atoms with Crippen LogP contribution in [0.1, 0.15) is 39.1 Å². The third-order valence-electron chi connectivity index (χ3n) is 6.35. The Bertz CT molecular complexity index is 1030. The smallest absolute Gasteiger partial charge is 0.253 e. The van der Waals surface area contributed by atoms with Crippen LogP contribution < -0.4 is 0 Å². The van der Waals surface area contributed by atoms with E-state index < -0.39 is 0 Å². The first-order valence-corrected chi connectivity index (χ1v) is 10.6. The number of fused-ring (bicyclic) bond motifs is 3. The molecule has 2 saturated heterocycles. The molecule has 6 nitrogen and oxygen atoms in total. The predicted molar refractivity (Wildman–Crippen MR) is 111 cm³/mol. The number of ketones is 1. The zero-order valence-corrected chi connectivity index (χ0v) is 16.8. The van der Waals surface area contributed by atoms with Gasteiger partial charge < -0.3 is 14.5 Å². The molecule has 30 heavy (non-hydrogen) atoms. The summed E-state index contributed by atoms with van der Waals surface area (Å²) in [4.78, 5) is 42.5. The number of hydrogen-bond donors (Lipinski definition) is 0. The van der Waals surface area contributed by atoms with Gasteiger partial charge in [0, 0.05) is 42.9 Å². The molecule has 2 heterocycles. The Morgan fingerprint density at radius 2 is 1.60 bits per heavy atom. The first-order valence-electron chi connectivity index (χ1n) is 10.6. The summed E-state index contributed by atoms with van der Waals surface area (Å²) in [5.41, 5.74) is 3.58. The summed E-state index contributed by atoms with van der Waals surface area (Å²) in [7, 11) is 0. The Morgan fingerprint density at radius 1 is 0.867 bits per heavy atom. The molecule has 0 saturated carbocycles. The van der Waals surface area contributed by atoms with E-state index in [0.717, 1.165) is 24.0 Å². The molecule has 2 aromatic carbocycles. The maximum atomic E-state index is 13.2. The molecule has 0 N–H and O–H groups in total. The van der Waals surface area contributed by atoms with Gasteiger partial charge in [-0.25, -0.2) is 0 Å². The fraction of sp³-hybridized carbons (Fsp3) is 0.375. The fourth-order valence-corrected chi connectivity index (χ4v) is 4.75. The van der Waals surface area contributed by atoms with Gasteiger partial charge in [-0.05, 0) is 36.1 Å². The second-order valence-electron chi connectivity index (χ2n) is 8.16. The number of carbonyl (C=O) groups excluding carboxylic acids is 3. The number of piperidine rings is 1. The summed E-state index contributed by atoms with van der Waals surface area (Å²) in [5, 5.41) is 0. The molecular weight excluding hydrogens is 380 g/mol. The average Bonchev–Trinajstić information content (AvgIpc) is 3.10. The highest BCUT2D eigenvalue weighted by atomic mass is 16.5. The number of hydrogen-bond acceptors (Lipinski definition) is 4. The van der Waals surface area contributed by atoms with E-state index in [1.54, 1.807) is 17.0 Å². The van der Waals surface area contributed by atoms with Crippen molar-refractivity contribution >= 4 is 17.6 Å². The van der Waals surface area contributed by atoms with Gasteiger partial charge in [-0.2, -0.15) is 0 Å². The van der Waals surface area contributed by atoms with Crippen molar-refractivity contribution in [3.05, 3.63) is 59.2 Å². The van der Waals surface area contributed by atoms with Crippen LogP contribution in [0.2, 0.25) is 0 Å². The highest BCUT2D eigenvalue weighted by Crippen LogP contribution is 2.37. The van der Waals surface area contributed by atoms with Gasteiger partial charge in [0.2, 0.25) is 5.91 Å². The fourth-order valence-electron chi connectivity index (χ4n) is 4.75. The van der Waals surface area contributed by atoms with Crippen LogP contribution in [0.25, 0.3) is 11.1 Å². The monoisotopic (exact) mass is 404 g/mol. The topological polar surface area (TPSA) is 66.9 Å². The minimum Gasteiger partial charge on any atom is -0.378 e. The number of nitrogens with zero attached hydrogens (tertiary/aromatic N) is 2. The molecular formula is C24H24N2O4. The van der Waals surface area contributed by atoms with E-state index in [2.05, 4.69) is 0 Å². The highest BCUT2D eigenvalue weighted by molar-refractivity contribution is 6.22. The Morgan fingerprint density at radius 3 is 2.40 bits per heavy atom. The predicted octanol–water partition coefficient (Wildman–Crippen LogP) is 2.61. The lowest BCUT2D eigenvalue weighted by Gasteiger charge is -2.36. The van der Waals surface area contributed by atoms with Crippen molar-refractivity contribution in [1.29, 1.82) is 0 Å². The van der Waals surface area contributed by atoms with Crippen LogP contribution in [0.15, 0.2) is 42.5 Å². The Kier molecular flexibility index (Phi) is 4.87. The summed E-state index contributed by atoms with van der Waals surface area (Å²) in [6, 6.07) is 12.9. The summed E-state index contributed by atoms with van der Waals surface area (Å²) < 4.78 is 5.34. The zero-order chi connectivity index (χ0) is 20.7. The molecule has 0 spiro atoms. The number of amides is 2. The first-order chi connectivity index (χ1) is 14.6. The molecule has 0 radical (unpaired) electrons. The van der Waals surface area contributed by atoms with Gasteiger partial charge >= 0.3 is 0 Å². The van der Waals surface area contributed by atoms with E-state index >= 15 is 0 Å². The maximum Gasteiger partial charge on any atom is 0.253 e. The molecule has 2 aliphatic heterocycles. The summed E-state index contributed by atoms with van der Waals surface area (Å²) in [5.74, 6) is -0.188. The van der Waals surface area contributed by atoms with Gasteiger partial charge in [0.15, 0.2) is 5.78 Å². The number of benzene rings is 2. The molecule has 0 bridgehead atoms. The van der Waals surface area contributed by atoms with Gasteiger partial charge in [0.05, 0.1) is 19.1 Å². The van der Waals surface area contributed by atoms with Crippen molar-refractivity contribution in [2.24, 2.45) is 5.92 Å². The Hall–Kier alpha value is -2.99. The molecule has 1 atom stereocenters. The number of morpholine rings is 1. The standard InChI is InChI=1S/C24H24N2O4/c27-22-20-6-2-1-5-18(20)19-8-7-16(14-21(19)22)23(28)26-9-3-4-17(15-26)24(29)25-10-12-30-13-11-25/h1-2,5-8,14,17H,3-4,9-13,15H2. The Balaban J connectivity index is 1.34. The van der Waals surface area contributed by atoms with Gasteiger partial charge in [0.1, 0.15) is 0 Å². The van der Waals surface area contributed by atoms with Crippen molar-refractivity contribution in [3.8, 4) is 11.1 Å². The second-order valence-corrected chi connectivity index (χ2v) is 8.16. The lowest BCUT2D eigenvalue weighted by Crippen LogP contribution is -2.49. The molecule has 1 aliphatic carbocycles. The molecule has 2 aromatic rings. The minimum absolute atomic E-state index is 0.0331. The molecule has 2 fully saturated rings. The molecule has 6 heteroatoms. The highest BCUT2D eigenvalue weighted by Gasteiger charge is 2.33. The van der Waals surface area contributed by atoms with Crippen LogP contribution in [0.5, 0.6) is 0 Å². The third-order valence-corrected chi connectivity index (χ3v) is 6.35. The zero-order valence-electron chi connectivity index (χ0n) is 16.8. The van der Waals surface area contributed by atoms with Crippen LogP contribution >= 0.6 is 0 Å². The van der Waals surface area contributed by atoms with Crippen LogP contribution in [0.4, 0.5) is 0 Å². The van der Waals surface area contributed by atoms with E-state index in [-0.39, 0.29) is 23.5 Å². The van der Waals surface area contributed by atoms with Crippen LogP contribution in [0.3, 0.4) is 0 Å². The van der Waals surface area contributed by atoms with Crippen molar-refractivity contribution in [3.63, 3.8) is 0 Å². The lowest BCUT2D eigenvalue weighted by atomic mass is 9.95. The number of carbonyl (C=O) groups is 3. The van der Waals surface area contributed by atoms with Crippen molar-refractivity contribution in [2.45, 2.75) is 12.8 Å². The van der Waals surface area contributed by atoms with Crippen LogP contribution in [-0.4, -0.2) is 66.8 Å². The lowest BCUT2D eigenvalue weighted by molar-refractivity contribution is -0.141. The van der Waals surface area contributed by atoms with Gasteiger partial charge in [0.25, 0.3) is 5.91 Å². The molecule has 5 rings (SSSR count). The third kappa shape index (κ3) is 3.21. The molecule has 0 aromatic heterocycles. The maximum absolute atomic E-state index is 13.2. The van der Waals surface area contributed by atoms with E-state index in [1.807, 2.05) is 35.2 Å². The Labute approximate surface area is 175 Å². The van der Waals surface area contributed by atoms with Gasteiger partial charge in [-0.15, -0.1) is 0 Å². The first kappa shape index (κ1) is 19.0. The molecule has 3 aliphatic rings. The molecule has 2 amide bonds. The molecule has 1 unspecified atom stereocenters. The van der Waals surface area contributed by atoms with Crippen LogP contribution in [0, 0.1) is 5.92 Å². The van der Waals surface area contributed by atoms with E-state index in [1.165, 1.54) is 0 Å². The van der Waals surface area contributed by atoms with E-state index in [4.69, 9.17) is 4.74 Å². The SMILES string of the molecule is O=C1c2ccccc2-c2ccc(C(=O)N3CCCC(C(=O)N4CCOCC4)C3)cc21.